The Morgan fingerprint density at radius 2 is 0.400 bits per heavy atom. The number of nitrogens with zero attached hydrogens (tertiary/aromatic N) is 2. The third-order valence-electron chi connectivity index (χ3n) is 6.64. The summed E-state index contributed by atoms with van der Waals surface area (Å²) < 4.78 is 0. The van der Waals surface area contributed by atoms with E-state index in [1.807, 2.05) is 55.4 Å². The Morgan fingerprint density at radius 1 is 0.240 bits per heavy atom. The second-order valence-corrected chi connectivity index (χ2v) is 9.11. The van der Waals surface area contributed by atoms with E-state index in [0.29, 0.717) is 0 Å². The summed E-state index contributed by atoms with van der Waals surface area (Å²) in [4.78, 5) is 4.56. The Labute approximate surface area is 357 Å². The van der Waals surface area contributed by atoms with Crippen molar-refractivity contribution >= 4 is 34.1 Å². The zero-order chi connectivity index (χ0) is 33.6. The topological polar surface area (TPSA) is 6.48 Å². The maximum Gasteiger partial charge on any atom is 0.0462 e. The number of rotatable bonds is 7. The number of hydrogen-bond acceptors (Lipinski definition) is 2. The van der Waals surface area contributed by atoms with Crippen LogP contribution in [0.5, 0.6) is 0 Å². The van der Waals surface area contributed by atoms with E-state index < -0.39 is 0 Å². The standard InChI is InChI=1S/C36H28N2.4C2H6.2CH3.2Y/c1-5-13-31(14-6-1)37(32-15-7-2-8-16-32)35-25-21-29(22-26-35)30-23-27-36(28-24-30)38(33-17-9-3-10-18-33)34-19-11-4-12-20-34;4*1-2;;;;/h1-28H;4*1-2H3;2*1H3;;/q;;;;;2*-1;;. The van der Waals surface area contributed by atoms with Crippen molar-refractivity contribution in [1.82, 2.24) is 0 Å². The maximum atomic E-state index is 2.28. The normalized spacial score (nSPS) is 8.56. The van der Waals surface area contributed by atoms with Gasteiger partial charge in [-0.3, -0.25) is 0 Å². The van der Waals surface area contributed by atoms with Gasteiger partial charge < -0.3 is 24.7 Å². The van der Waals surface area contributed by atoms with Gasteiger partial charge in [0.1, 0.15) is 0 Å². The first-order valence-electron chi connectivity index (χ1n) is 16.9. The summed E-state index contributed by atoms with van der Waals surface area (Å²) >= 11 is 0. The summed E-state index contributed by atoms with van der Waals surface area (Å²) in [5.41, 5.74) is 9.18. The molecule has 0 amide bonds. The molecule has 0 aromatic heterocycles. The number of benzene rings is 6. The molecule has 0 aliphatic heterocycles. The van der Waals surface area contributed by atoms with Crippen LogP contribution >= 0.6 is 0 Å². The Balaban J connectivity index is -0.00000172. The van der Waals surface area contributed by atoms with Crippen LogP contribution in [0.4, 0.5) is 34.1 Å². The van der Waals surface area contributed by atoms with Crippen LogP contribution in [0, 0.1) is 14.9 Å². The van der Waals surface area contributed by atoms with Gasteiger partial charge >= 0.3 is 0 Å². The molecule has 0 aliphatic rings. The first-order chi connectivity index (χ1) is 22.9. The van der Waals surface area contributed by atoms with Crippen molar-refractivity contribution in [3.8, 4) is 11.1 Å². The summed E-state index contributed by atoms with van der Waals surface area (Å²) in [5, 5.41) is 0. The molecule has 0 aliphatic carbocycles. The van der Waals surface area contributed by atoms with Crippen LogP contribution < -0.4 is 9.80 Å². The van der Waals surface area contributed by atoms with Gasteiger partial charge in [-0.2, -0.15) is 0 Å². The predicted octanol–water partition coefficient (Wildman–Crippen LogP) is 15.3. The molecular formula is C46H58N2Y2-2. The van der Waals surface area contributed by atoms with Gasteiger partial charge in [0.15, 0.2) is 0 Å². The van der Waals surface area contributed by atoms with Crippen LogP contribution in [-0.2, 0) is 65.4 Å². The molecule has 0 heterocycles. The van der Waals surface area contributed by atoms with Gasteiger partial charge in [-0.05, 0) is 83.9 Å². The van der Waals surface area contributed by atoms with E-state index in [9.17, 15) is 0 Å². The monoisotopic (exact) mass is 816 g/mol. The molecule has 0 saturated heterocycles. The van der Waals surface area contributed by atoms with Gasteiger partial charge in [0.05, 0.1) is 0 Å². The van der Waals surface area contributed by atoms with E-state index in [0.717, 1.165) is 34.1 Å². The molecule has 50 heavy (non-hydrogen) atoms. The third-order valence-corrected chi connectivity index (χ3v) is 6.64. The van der Waals surface area contributed by atoms with Gasteiger partial charge in [0.2, 0.25) is 0 Å². The fourth-order valence-electron chi connectivity index (χ4n) is 4.81. The molecule has 2 radical (unpaired) electrons. The van der Waals surface area contributed by atoms with E-state index in [4.69, 9.17) is 0 Å². The summed E-state index contributed by atoms with van der Waals surface area (Å²) in [6, 6.07) is 59.6. The zero-order valence-corrected chi connectivity index (χ0v) is 37.9. The van der Waals surface area contributed by atoms with Gasteiger partial charge in [0.25, 0.3) is 0 Å². The Kier molecular flexibility index (Phi) is 31.8. The zero-order valence-electron chi connectivity index (χ0n) is 32.2. The average Bonchev–Trinajstić information content (AvgIpc) is 3.17. The Bertz CT molecular complexity index is 1370. The minimum absolute atomic E-state index is 0. The largest absolute Gasteiger partial charge is 0.358 e. The molecular weight excluding hydrogens is 758 g/mol. The van der Waals surface area contributed by atoms with Crippen LogP contribution in [0.1, 0.15) is 55.4 Å². The minimum atomic E-state index is 0. The predicted molar refractivity (Wildman–Crippen MR) is 219 cm³/mol. The molecule has 0 unspecified atom stereocenters. The number of anilines is 6. The summed E-state index contributed by atoms with van der Waals surface area (Å²) in [6.07, 6.45) is 0. The van der Waals surface area contributed by atoms with Crippen LogP contribution in [0.3, 0.4) is 0 Å². The summed E-state index contributed by atoms with van der Waals surface area (Å²) in [7, 11) is 0. The molecule has 4 heteroatoms. The van der Waals surface area contributed by atoms with Crippen molar-refractivity contribution in [1.29, 1.82) is 0 Å². The van der Waals surface area contributed by atoms with Gasteiger partial charge in [-0.1, -0.05) is 152 Å². The summed E-state index contributed by atoms with van der Waals surface area (Å²) in [5.74, 6) is 0. The minimum Gasteiger partial charge on any atom is -0.358 e. The second-order valence-electron chi connectivity index (χ2n) is 9.11. The first-order valence-corrected chi connectivity index (χ1v) is 16.9. The fourth-order valence-corrected chi connectivity index (χ4v) is 4.81. The first kappa shape index (κ1) is 51.5. The van der Waals surface area contributed by atoms with Crippen molar-refractivity contribution in [3.63, 3.8) is 0 Å². The molecule has 0 saturated carbocycles. The third kappa shape index (κ3) is 14.8. The van der Waals surface area contributed by atoms with Crippen LogP contribution in [0.25, 0.3) is 11.1 Å². The fraction of sp³-hybridized carbons (Fsp3) is 0.174. The molecule has 0 fully saturated rings. The molecule has 0 N–H and O–H groups in total. The number of para-hydroxylation sites is 4. The van der Waals surface area contributed by atoms with Crippen molar-refractivity contribution < 1.29 is 65.4 Å². The van der Waals surface area contributed by atoms with Crippen molar-refractivity contribution in [2.75, 3.05) is 9.80 Å². The maximum absolute atomic E-state index is 2.28. The SMILES string of the molecule is CC.CC.CC.CC.[CH3-].[CH3-].[Y].[Y].c1ccc(N(c2ccccc2)c2ccc(-c3ccc(N(c4ccccc4)c4ccccc4)cc3)cc2)cc1. The van der Waals surface area contributed by atoms with Crippen LogP contribution in [0.15, 0.2) is 170 Å². The Hall–Kier alpha value is -2.87. The van der Waals surface area contributed by atoms with Crippen LogP contribution in [-0.4, -0.2) is 0 Å². The molecule has 0 atom stereocenters. The van der Waals surface area contributed by atoms with E-state index in [-0.39, 0.29) is 80.3 Å². The molecule has 6 rings (SSSR count). The second kappa shape index (κ2) is 30.9. The molecule has 260 valence electrons. The molecule has 6 aromatic rings. The van der Waals surface area contributed by atoms with Gasteiger partial charge in [-0.15, -0.1) is 0 Å². The quantitative estimate of drug-likeness (QED) is 0.148. The Morgan fingerprint density at radius 3 is 0.580 bits per heavy atom. The van der Waals surface area contributed by atoms with E-state index in [1.165, 1.54) is 11.1 Å². The number of hydrogen-bond donors (Lipinski definition) is 0. The van der Waals surface area contributed by atoms with E-state index in [2.05, 4.69) is 180 Å². The van der Waals surface area contributed by atoms with Crippen molar-refractivity contribution in [2.24, 2.45) is 0 Å². The molecule has 0 spiro atoms. The van der Waals surface area contributed by atoms with E-state index in [1.54, 1.807) is 0 Å². The van der Waals surface area contributed by atoms with Crippen molar-refractivity contribution in [2.45, 2.75) is 55.4 Å². The summed E-state index contributed by atoms with van der Waals surface area (Å²) in [6.45, 7) is 16.0. The molecule has 0 bridgehead atoms. The van der Waals surface area contributed by atoms with E-state index >= 15 is 0 Å². The molecule has 6 aromatic carbocycles. The van der Waals surface area contributed by atoms with Gasteiger partial charge in [-0.25, -0.2) is 0 Å². The molecule has 2 nitrogen and oxygen atoms in total. The van der Waals surface area contributed by atoms with Crippen LogP contribution in [0.2, 0.25) is 0 Å². The van der Waals surface area contributed by atoms with Crippen molar-refractivity contribution in [3.05, 3.63) is 185 Å². The smallest absolute Gasteiger partial charge is 0.0462 e. The van der Waals surface area contributed by atoms with Gasteiger partial charge in [0, 0.05) is 99.5 Å². The average molecular weight is 817 g/mol.